The Morgan fingerprint density at radius 2 is 2.24 bits per heavy atom. The van der Waals surface area contributed by atoms with Gasteiger partial charge in [0.1, 0.15) is 5.75 Å². The highest BCUT2D eigenvalue weighted by Crippen LogP contribution is 2.23. The van der Waals surface area contributed by atoms with Crippen molar-refractivity contribution in [3.05, 3.63) is 28.8 Å². The zero-order chi connectivity index (χ0) is 12.8. The minimum atomic E-state index is -0.735. The lowest BCUT2D eigenvalue weighted by molar-refractivity contribution is 0.475. The van der Waals surface area contributed by atoms with E-state index in [1.54, 1.807) is 18.4 Å². The van der Waals surface area contributed by atoms with Gasteiger partial charge < -0.3 is 10.4 Å². The molecule has 0 radical (unpaired) electrons. The molecule has 0 saturated heterocycles. The van der Waals surface area contributed by atoms with Crippen LogP contribution >= 0.6 is 11.6 Å². The van der Waals surface area contributed by atoms with Crippen LogP contribution in [0.3, 0.4) is 0 Å². The molecule has 0 heterocycles. The summed E-state index contributed by atoms with van der Waals surface area (Å²) in [5, 5.41) is 13.0. The summed E-state index contributed by atoms with van der Waals surface area (Å²) in [6.45, 7) is 2.76. The van der Waals surface area contributed by atoms with E-state index in [0.717, 1.165) is 12.0 Å². The molecule has 3 nitrogen and oxygen atoms in total. The van der Waals surface area contributed by atoms with Gasteiger partial charge in [-0.2, -0.15) is 0 Å². The fourth-order valence-corrected chi connectivity index (χ4v) is 2.29. The highest BCUT2D eigenvalue weighted by molar-refractivity contribution is 7.84. The number of hydrogen-bond acceptors (Lipinski definition) is 3. The summed E-state index contributed by atoms with van der Waals surface area (Å²) in [5.74, 6) is 0.815. The quantitative estimate of drug-likeness (QED) is 0.838. The van der Waals surface area contributed by atoms with E-state index in [0.29, 0.717) is 23.4 Å². The van der Waals surface area contributed by atoms with Gasteiger partial charge in [-0.1, -0.05) is 17.7 Å². The van der Waals surface area contributed by atoms with E-state index in [1.165, 1.54) is 0 Å². The molecule has 96 valence electrons. The number of aromatic hydroxyl groups is 1. The van der Waals surface area contributed by atoms with Crippen molar-refractivity contribution in [2.45, 2.75) is 25.9 Å². The fraction of sp³-hybridized carbons (Fsp3) is 0.500. The third-order valence-corrected chi connectivity index (χ3v) is 3.62. The molecule has 0 aliphatic rings. The second kappa shape index (κ2) is 6.99. The molecule has 0 aromatic heterocycles. The lowest BCUT2D eigenvalue weighted by Gasteiger charge is -2.13. The van der Waals surface area contributed by atoms with Gasteiger partial charge >= 0.3 is 0 Å². The second-order valence-electron chi connectivity index (χ2n) is 4.13. The van der Waals surface area contributed by atoms with E-state index in [9.17, 15) is 9.32 Å². The van der Waals surface area contributed by atoms with E-state index in [1.807, 2.05) is 6.07 Å². The molecule has 2 atom stereocenters. The van der Waals surface area contributed by atoms with Crippen LogP contribution in [0.2, 0.25) is 5.02 Å². The van der Waals surface area contributed by atoms with E-state index in [-0.39, 0.29) is 5.75 Å². The summed E-state index contributed by atoms with van der Waals surface area (Å²) in [6, 6.07) is 5.48. The summed E-state index contributed by atoms with van der Waals surface area (Å²) in [7, 11) is -0.735. The fourth-order valence-electron chi connectivity index (χ4n) is 1.40. The first-order chi connectivity index (χ1) is 7.99. The number of nitrogens with one attached hydrogen (secondary N) is 1. The molecular weight excluding hydrogens is 258 g/mol. The van der Waals surface area contributed by atoms with Crippen molar-refractivity contribution in [2.75, 3.05) is 12.0 Å². The average Bonchev–Trinajstić information content (AvgIpc) is 2.28. The number of halogens is 1. The minimum absolute atomic E-state index is 0.102. The van der Waals surface area contributed by atoms with Crippen LogP contribution < -0.4 is 5.32 Å². The largest absolute Gasteiger partial charge is 0.506 e. The van der Waals surface area contributed by atoms with Crippen LogP contribution in [-0.2, 0) is 17.3 Å². The van der Waals surface area contributed by atoms with Gasteiger partial charge in [-0.25, -0.2) is 0 Å². The molecule has 2 unspecified atom stereocenters. The summed E-state index contributed by atoms with van der Waals surface area (Å²) in [4.78, 5) is 0. The highest BCUT2D eigenvalue weighted by Gasteiger charge is 2.04. The Labute approximate surface area is 110 Å². The van der Waals surface area contributed by atoms with Crippen molar-refractivity contribution >= 4 is 22.4 Å². The molecule has 0 amide bonds. The van der Waals surface area contributed by atoms with Gasteiger partial charge in [0, 0.05) is 35.4 Å². The summed E-state index contributed by atoms with van der Waals surface area (Å²) in [6.07, 6.45) is 2.60. The maximum atomic E-state index is 10.9. The molecular formula is C12H18ClNO2S. The van der Waals surface area contributed by atoms with E-state index in [2.05, 4.69) is 12.2 Å². The van der Waals surface area contributed by atoms with Gasteiger partial charge in [-0.05, 0) is 31.0 Å². The van der Waals surface area contributed by atoms with Crippen LogP contribution in [0.25, 0.3) is 0 Å². The first-order valence-electron chi connectivity index (χ1n) is 5.50. The molecule has 0 aliphatic carbocycles. The topological polar surface area (TPSA) is 49.3 Å². The maximum absolute atomic E-state index is 10.9. The van der Waals surface area contributed by atoms with Crippen LogP contribution in [0.4, 0.5) is 0 Å². The highest BCUT2D eigenvalue weighted by atomic mass is 35.5. The van der Waals surface area contributed by atoms with E-state index >= 15 is 0 Å². The third kappa shape index (κ3) is 5.52. The van der Waals surface area contributed by atoms with Crippen molar-refractivity contribution < 1.29 is 9.32 Å². The molecule has 1 aromatic rings. The van der Waals surface area contributed by atoms with Gasteiger partial charge in [0.25, 0.3) is 0 Å². The normalized spacial score (nSPS) is 14.5. The van der Waals surface area contributed by atoms with Crippen LogP contribution in [0, 0.1) is 0 Å². The molecule has 0 spiro atoms. The van der Waals surface area contributed by atoms with Gasteiger partial charge in [0.05, 0.1) is 5.02 Å². The third-order valence-electron chi connectivity index (χ3n) is 2.51. The molecule has 0 bridgehead atoms. The van der Waals surface area contributed by atoms with Crippen molar-refractivity contribution in [1.29, 1.82) is 0 Å². The Balaban J connectivity index is 2.39. The summed E-state index contributed by atoms with van der Waals surface area (Å²) < 4.78 is 10.9. The van der Waals surface area contributed by atoms with Gasteiger partial charge in [0.15, 0.2) is 0 Å². The van der Waals surface area contributed by atoms with Crippen molar-refractivity contribution in [1.82, 2.24) is 5.32 Å². The Kier molecular flexibility index (Phi) is 5.95. The average molecular weight is 276 g/mol. The number of benzene rings is 1. The second-order valence-corrected chi connectivity index (χ2v) is 6.10. The number of phenols is 1. The van der Waals surface area contributed by atoms with Crippen LogP contribution in [0.15, 0.2) is 18.2 Å². The summed E-state index contributed by atoms with van der Waals surface area (Å²) in [5.41, 5.74) is 1.03. The lowest BCUT2D eigenvalue weighted by Crippen LogP contribution is -2.26. The molecule has 0 saturated carbocycles. The predicted octanol–water partition coefficient (Wildman–Crippen LogP) is 2.29. The molecule has 17 heavy (non-hydrogen) atoms. The van der Waals surface area contributed by atoms with Crippen molar-refractivity contribution in [2.24, 2.45) is 0 Å². The standard InChI is InChI=1S/C12H18ClNO2S/c1-9(5-6-17(2)16)14-8-10-3-4-12(15)11(13)7-10/h3-4,7,9,14-15H,5-6,8H2,1-2H3. The number of phenolic OH excluding ortho intramolecular Hbond substituents is 1. The van der Waals surface area contributed by atoms with Crippen molar-refractivity contribution in [3.8, 4) is 5.75 Å². The molecule has 1 aromatic carbocycles. The zero-order valence-corrected chi connectivity index (χ0v) is 11.6. The molecule has 5 heteroatoms. The Morgan fingerprint density at radius 1 is 1.53 bits per heavy atom. The Morgan fingerprint density at radius 3 is 2.82 bits per heavy atom. The van der Waals surface area contributed by atoms with Gasteiger partial charge in [0.2, 0.25) is 0 Å². The SMILES string of the molecule is CC(CCS(C)=O)NCc1ccc(O)c(Cl)c1. The maximum Gasteiger partial charge on any atom is 0.134 e. The Hall–Kier alpha value is -0.580. The minimum Gasteiger partial charge on any atom is -0.506 e. The molecule has 0 fully saturated rings. The van der Waals surface area contributed by atoms with E-state index in [4.69, 9.17) is 11.6 Å². The monoisotopic (exact) mass is 275 g/mol. The summed E-state index contributed by atoms with van der Waals surface area (Å²) >= 11 is 5.81. The predicted molar refractivity (Wildman–Crippen MR) is 73.0 cm³/mol. The lowest BCUT2D eigenvalue weighted by atomic mass is 10.2. The Bertz CT molecular complexity index is 398. The number of rotatable bonds is 6. The molecule has 1 rings (SSSR count). The number of hydrogen-bond donors (Lipinski definition) is 2. The van der Waals surface area contributed by atoms with Crippen molar-refractivity contribution in [3.63, 3.8) is 0 Å². The van der Waals surface area contributed by atoms with Crippen LogP contribution in [-0.4, -0.2) is 27.4 Å². The van der Waals surface area contributed by atoms with Crippen LogP contribution in [0.1, 0.15) is 18.9 Å². The molecule has 2 N–H and O–H groups in total. The zero-order valence-electron chi connectivity index (χ0n) is 10.1. The smallest absolute Gasteiger partial charge is 0.134 e. The van der Waals surface area contributed by atoms with E-state index < -0.39 is 10.8 Å². The van der Waals surface area contributed by atoms with Crippen LogP contribution in [0.5, 0.6) is 5.75 Å². The first kappa shape index (κ1) is 14.5. The van der Waals surface area contributed by atoms with Gasteiger partial charge in [-0.15, -0.1) is 0 Å². The molecule has 0 aliphatic heterocycles. The van der Waals surface area contributed by atoms with Gasteiger partial charge in [-0.3, -0.25) is 4.21 Å². The first-order valence-corrected chi connectivity index (χ1v) is 7.60.